The van der Waals surface area contributed by atoms with E-state index in [-0.39, 0.29) is 25.7 Å². The average molecular weight is 1370 g/mol. The van der Waals surface area contributed by atoms with E-state index in [0.717, 1.165) is 108 Å². The Labute approximate surface area is 568 Å². The molecule has 2 unspecified atom stereocenters. The van der Waals surface area contributed by atoms with Gasteiger partial charge >= 0.3 is 39.5 Å². The average Bonchev–Trinajstić information content (AvgIpc) is 2.96. The number of unbranched alkanes of at least 4 members (excludes halogenated alkanes) is 40. The summed E-state index contributed by atoms with van der Waals surface area (Å²) in [4.78, 5) is 72.6. The smallest absolute Gasteiger partial charge is 0.462 e. The summed E-state index contributed by atoms with van der Waals surface area (Å²) in [6.45, 7) is 11.7. The van der Waals surface area contributed by atoms with Crippen LogP contribution in [0, 0.1) is 17.8 Å². The third kappa shape index (κ3) is 68.4. The Kier molecular flexibility index (Phi) is 63.4. The Morgan fingerprint density at radius 2 is 0.495 bits per heavy atom. The van der Waals surface area contributed by atoms with Crippen molar-refractivity contribution in [3.8, 4) is 0 Å². The molecule has 93 heavy (non-hydrogen) atoms. The Morgan fingerprint density at radius 3 is 0.731 bits per heavy atom. The number of esters is 4. The van der Waals surface area contributed by atoms with Gasteiger partial charge in [0.2, 0.25) is 0 Å². The quantitative estimate of drug-likeness (QED) is 0.0222. The van der Waals surface area contributed by atoms with E-state index in [1.54, 1.807) is 0 Å². The molecule has 0 saturated carbocycles. The highest BCUT2D eigenvalue weighted by Gasteiger charge is 2.30. The zero-order chi connectivity index (χ0) is 68.7. The zero-order valence-corrected chi connectivity index (χ0v) is 62.5. The molecule has 5 atom stereocenters. The van der Waals surface area contributed by atoms with Crippen LogP contribution in [-0.2, 0) is 65.4 Å². The van der Waals surface area contributed by atoms with E-state index in [1.807, 2.05) is 0 Å². The van der Waals surface area contributed by atoms with Gasteiger partial charge in [0, 0.05) is 25.7 Å². The number of hydrogen-bond acceptors (Lipinski definition) is 15. The molecule has 3 N–H and O–H groups in total. The van der Waals surface area contributed by atoms with E-state index in [1.165, 1.54) is 180 Å². The predicted octanol–water partition coefficient (Wildman–Crippen LogP) is 21.4. The first-order valence-corrected chi connectivity index (χ1v) is 41.3. The third-order valence-electron chi connectivity index (χ3n) is 17.1. The van der Waals surface area contributed by atoms with Gasteiger partial charge in [-0.3, -0.25) is 37.3 Å². The van der Waals surface area contributed by atoms with Gasteiger partial charge in [0.25, 0.3) is 0 Å². The van der Waals surface area contributed by atoms with Crippen LogP contribution in [-0.4, -0.2) is 96.7 Å². The SMILES string of the molecule is CCCCCCCCCCCCCCCCCCCCCCCC(=O)O[C@H](COC(=O)CCCCCCCCCCC(C)C)COP(=O)(O)OC[C@@H](O)COP(=O)(O)OC[C@@H](COC(=O)CCCCCCCCCC(C)C)OC(=O)CCCCCCCCCCC(C)C. The van der Waals surface area contributed by atoms with Crippen LogP contribution in [0.5, 0.6) is 0 Å². The van der Waals surface area contributed by atoms with Crippen molar-refractivity contribution in [3.63, 3.8) is 0 Å². The van der Waals surface area contributed by atoms with Gasteiger partial charge in [0.05, 0.1) is 26.4 Å². The van der Waals surface area contributed by atoms with Gasteiger partial charge in [0.15, 0.2) is 12.2 Å². The maximum absolute atomic E-state index is 13.1. The minimum Gasteiger partial charge on any atom is -0.462 e. The molecule has 0 saturated heterocycles. The van der Waals surface area contributed by atoms with Gasteiger partial charge in [-0.25, -0.2) is 9.13 Å². The van der Waals surface area contributed by atoms with Gasteiger partial charge in [0.1, 0.15) is 19.3 Å². The second kappa shape index (κ2) is 64.7. The fourth-order valence-corrected chi connectivity index (χ4v) is 12.8. The molecular weight excluding hydrogens is 1220 g/mol. The van der Waals surface area contributed by atoms with Crippen molar-refractivity contribution in [2.24, 2.45) is 17.8 Å². The summed E-state index contributed by atoms with van der Waals surface area (Å²) in [5, 5.41) is 10.6. The molecule has 0 heterocycles. The summed E-state index contributed by atoms with van der Waals surface area (Å²) < 4.78 is 68.4. The van der Waals surface area contributed by atoms with E-state index in [4.69, 9.17) is 37.0 Å². The second-order valence-corrected chi connectivity index (χ2v) is 31.0. The van der Waals surface area contributed by atoms with Gasteiger partial charge in [-0.1, -0.05) is 325 Å². The summed E-state index contributed by atoms with van der Waals surface area (Å²) in [6, 6.07) is 0. The lowest BCUT2D eigenvalue weighted by Gasteiger charge is -2.21. The van der Waals surface area contributed by atoms with Crippen molar-refractivity contribution in [3.05, 3.63) is 0 Å². The third-order valence-corrected chi connectivity index (χ3v) is 19.0. The van der Waals surface area contributed by atoms with Crippen LogP contribution in [0.15, 0.2) is 0 Å². The number of phosphoric ester groups is 2. The summed E-state index contributed by atoms with van der Waals surface area (Å²) in [5.74, 6) is 0.0232. The molecule has 0 aliphatic rings. The molecule has 17 nitrogen and oxygen atoms in total. The highest BCUT2D eigenvalue weighted by molar-refractivity contribution is 7.47. The van der Waals surface area contributed by atoms with E-state index >= 15 is 0 Å². The summed E-state index contributed by atoms with van der Waals surface area (Å²) in [6.07, 6.45) is 50.3. The predicted molar refractivity (Wildman–Crippen MR) is 377 cm³/mol. The standard InChI is InChI=1S/C74H144O17P2/c1-8-9-10-11-12-13-14-15-16-17-18-19-20-21-22-23-24-25-35-43-50-57-73(78)90-69(61-84-71(76)55-48-41-34-28-26-31-38-45-52-65(2)3)63-88-92(80,81)86-59-68(75)60-87-93(82,83)89-64-70(62-85-72(77)56-49-42-37-30-33-40-47-54-67(6)7)91-74(79)58-51-44-36-29-27-32-39-46-53-66(4)5/h65-70,75H,8-64H2,1-7H3,(H,80,81)(H,82,83)/t68-,69-,70-/m1/s1. The number of aliphatic hydroxyl groups is 1. The Hall–Kier alpha value is -1.94. The molecule has 0 rings (SSSR count). The van der Waals surface area contributed by atoms with E-state index in [2.05, 4.69) is 48.5 Å². The fraction of sp³-hybridized carbons (Fsp3) is 0.946. The molecule has 0 aromatic heterocycles. The van der Waals surface area contributed by atoms with Crippen LogP contribution in [0.4, 0.5) is 0 Å². The largest absolute Gasteiger partial charge is 0.472 e. The number of phosphoric acid groups is 2. The normalized spacial score (nSPS) is 14.1. The number of rotatable bonds is 72. The van der Waals surface area contributed by atoms with Gasteiger partial charge in [-0.2, -0.15) is 0 Å². The van der Waals surface area contributed by atoms with E-state index in [0.29, 0.717) is 31.6 Å². The Morgan fingerprint density at radius 1 is 0.290 bits per heavy atom. The summed E-state index contributed by atoms with van der Waals surface area (Å²) in [7, 11) is -9.91. The first kappa shape index (κ1) is 91.1. The minimum absolute atomic E-state index is 0.103. The molecule has 19 heteroatoms. The molecule has 0 aliphatic carbocycles. The number of carbonyl (C=O) groups excluding carboxylic acids is 4. The maximum atomic E-state index is 13.1. The number of hydrogen-bond donors (Lipinski definition) is 3. The topological polar surface area (TPSA) is 237 Å². The van der Waals surface area contributed by atoms with Gasteiger partial charge in [-0.05, 0) is 43.4 Å². The maximum Gasteiger partial charge on any atom is 0.472 e. The molecule has 552 valence electrons. The molecule has 0 radical (unpaired) electrons. The number of aliphatic hydroxyl groups excluding tert-OH is 1. The van der Waals surface area contributed by atoms with Crippen LogP contribution >= 0.6 is 15.6 Å². The van der Waals surface area contributed by atoms with Crippen LogP contribution in [0.1, 0.15) is 376 Å². The molecule has 0 fully saturated rings. The van der Waals surface area contributed by atoms with Crippen LogP contribution < -0.4 is 0 Å². The van der Waals surface area contributed by atoms with Crippen molar-refractivity contribution >= 4 is 39.5 Å². The molecular formula is C74H144O17P2. The molecule has 0 amide bonds. The summed E-state index contributed by atoms with van der Waals surface area (Å²) >= 11 is 0. The second-order valence-electron chi connectivity index (χ2n) is 28.1. The number of ether oxygens (including phenoxy) is 4. The van der Waals surface area contributed by atoms with E-state index in [9.17, 15) is 43.2 Å². The molecule has 0 bridgehead atoms. The highest BCUT2D eigenvalue weighted by Crippen LogP contribution is 2.45. The Balaban J connectivity index is 5.18. The lowest BCUT2D eigenvalue weighted by molar-refractivity contribution is -0.161. The van der Waals surface area contributed by atoms with Crippen molar-refractivity contribution in [2.75, 3.05) is 39.6 Å². The first-order chi connectivity index (χ1) is 44.7. The van der Waals surface area contributed by atoms with Crippen LogP contribution in [0.2, 0.25) is 0 Å². The van der Waals surface area contributed by atoms with Crippen LogP contribution in [0.3, 0.4) is 0 Å². The lowest BCUT2D eigenvalue weighted by Crippen LogP contribution is -2.30. The number of carbonyl (C=O) groups is 4. The molecule has 0 aromatic rings. The van der Waals surface area contributed by atoms with Crippen molar-refractivity contribution in [1.29, 1.82) is 0 Å². The van der Waals surface area contributed by atoms with Crippen molar-refractivity contribution in [1.82, 2.24) is 0 Å². The summed E-state index contributed by atoms with van der Waals surface area (Å²) in [5.41, 5.74) is 0. The Bertz CT molecular complexity index is 1820. The zero-order valence-electron chi connectivity index (χ0n) is 60.7. The fourth-order valence-electron chi connectivity index (χ4n) is 11.2. The first-order valence-electron chi connectivity index (χ1n) is 38.3. The highest BCUT2D eigenvalue weighted by atomic mass is 31.2. The molecule has 0 spiro atoms. The monoisotopic (exact) mass is 1370 g/mol. The lowest BCUT2D eigenvalue weighted by atomic mass is 10.0. The van der Waals surface area contributed by atoms with Crippen LogP contribution in [0.25, 0.3) is 0 Å². The van der Waals surface area contributed by atoms with Crippen molar-refractivity contribution < 1.29 is 80.2 Å². The van der Waals surface area contributed by atoms with Gasteiger partial charge < -0.3 is 33.8 Å². The van der Waals surface area contributed by atoms with E-state index < -0.39 is 97.5 Å². The van der Waals surface area contributed by atoms with Crippen molar-refractivity contribution in [2.45, 2.75) is 394 Å². The molecule has 0 aliphatic heterocycles. The minimum atomic E-state index is -4.95. The van der Waals surface area contributed by atoms with Gasteiger partial charge in [-0.15, -0.1) is 0 Å². The molecule has 0 aromatic carbocycles.